The molecular weight excluding hydrogens is 760 g/mol. The third-order valence-electron chi connectivity index (χ3n) is 8.15. The molecule has 0 aliphatic rings. The number of alkyl halides is 8. The zero-order chi connectivity index (χ0) is 41.6. The highest BCUT2D eigenvalue weighted by molar-refractivity contribution is 5.87. The molecule has 5 N–H and O–H groups in total. The van der Waals surface area contributed by atoms with Crippen molar-refractivity contribution >= 4 is 24.0 Å². The highest BCUT2D eigenvalue weighted by atomic mass is 19.4. The predicted octanol–water partition coefficient (Wildman–Crippen LogP) is 4.16. The largest absolute Gasteiger partial charge is 0.453 e. The van der Waals surface area contributed by atoms with E-state index >= 15 is 8.78 Å². The van der Waals surface area contributed by atoms with Crippen LogP contribution in [0.4, 0.5) is 53.5 Å². The third kappa shape index (κ3) is 11.1. The van der Waals surface area contributed by atoms with Gasteiger partial charge in [-0.05, 0) is 39.8 Å². The fraction of sp³-hybridized carbons (Fsp3) is 0.567. The van der Waals surface area contributed by atoms with Gasteiger partial charge in [0.2, 0.25) is 5.91 Å². The first kappa shape index (κ1) is 45.3. The van der Waals surface area contributed by atoms with Crippen LogP contribution in [0.2, 0.25) is 0 Å². The van der Waals surface area contributed by atoms with E-state index in [2.05, 4.69) is 14.5 Å². The number of carbonyl (C=O) groups excluding carboxylic acids is 4. The average molecular weight is 798 g/mol. The quantitative estimate of drug-likeness (QED) is 0.131. The van der Waals surface area contributed by atoms with Gasteiger partial charge in [-0.25, -0.2) is 28.4 Å². The lowest BCUT2D eigenvalue weighted by Gasteiger charge is -2.37. The molecule has 1 aromatic carbocycles. The molecule has 0 spiro atoms. The van der Waals surface area contributed by atoms with Gasteiger partial charge in [0.05, 0.1) is 43.2 Å². The van der Waals surface area contributed by atoms with Crippen LogP contribution in [-0.4, -0.2) is 102 Å². The summed E-state index contributed by atoms with van der Waals surface area (Å²) in [5.74, 6) is -5.97. The molecule has 0 bridgehead atoms. The molecule has 0 aliphatic carbocycles. The van der Waals surface area contributed by atoms with E-state index in [0.29, 0.717) is 55.7 Å². The molecule has 3 atom stereocenters. The smallest absolute Gasteiger partial charge is 0.407 e. The number of methoxy groups -OCH3 is 2. The number of nitrogens with one attached hydrogen (secondary N) is 4. The number of imidazole rings is 1. The minimum atomic E-state index is -5.17. The Bertz CT molecular complexity index is 1630. The van der Waals surface area contributed by atoms with Crippen molar-refractivity contribution in [1.29, 1.82) is 0 Å². The molecule has 0 radical (unpaired) electrons. The lowest BCUT2D eigenvalue weighted by molar-refractivity contribution is -0.221. The maximum absolute atomic E-state index is 15.4. The van der Waals surface area contributed by atoms with Crippen molar-refractivity contribution in [1.82, 2.24) is 35.9 Å². The van der Waals surface area contributed by atoms with Gasteiger partial charge < -0.3 is 30.5 Å². The number of amides is 4. The number of aromatic nitrogens is 2. The molecule has 0 fully saturated rings. The number of alkyl carbamates (subject to hydrolysis) is 2. The number of rotatable bonds is 15. The zero-order valence-corrected chi connectivity index (χ0v) is 29.3. The van der Waals surface area contributed by atoms with E-state index in [1.54, 1.807) is 10.6 Å². The Morgan fingerprint density at radius 2 is 1.31 bits per heavy atom. The minimum absolute atomic E-state index is 0.296. The Morgan fingerprint density at radius 1 is 0.852 bits per heavy atom. The van der Waals surface area contributed by atoms with Gasteiger partial charge in [0.25, 0.3) is 5.91 Å². The summed E-state index contributed by atoms with van der Waals surface area (Å²) in [6, 6.07) is -3.55. The zero-order valence-electron chi connectivity index (χ0n) is 29.3. The van der Waals surface area contributed by atoms with E-state index in [1.165, 1.54) is 0 Å². The number of nitrogens with zero attached hydrogens (tertiary/aromatic N) is 3. The number of ether oxygens (including phenoxy) is 2. The van der Waals surface area contributed by atoms with E-state index in [0.717, 1.165) is 20.4 Å². The van der Waals surface area contributed by atoms with E-state index in [1.807, 2.05) is 10.7 Å². The van der Waals surface area contributed by atoms with E-state index < -0.39 is 109 Å². The number of halogens is 10. The van der Waals surface area contributed by atoms with Crippen LogP contribution in [0.15, 0.2) is 24.7 Å². The second-order valence-electron chi connectivity index (χ2n) is 12.7. The van der Waals surface area contributed by atoms with Crippen LogP contribution in [0, 0.1) is 22.5 Å². The van der Waals surface area contributed by atoms with Crippen LogP contribution >= 0.6 is 0 Å². The molecule has 1 heterocycles. The molecule has 0 saturated heterocycles. The summed E-state index contributed by atoms with van der Waals surface area (Å²) in [5, 5.41) is 16.6. The summed E-state index contributed by atoms with van der Waals surface area (Å²) in [5.41, 5.74) is -5.61. The highest BCUT2D eigenvalue weighted by Gasteiger charge is 2.57. The molecule has 24 heteroatoms. The first-order chi connectivity index (χ1) is 24.7. The number of hydrogen-bond donors (Lipinski definition) is 5. The molecule has 0 saturated carbocycles. The summed E-state index contributed by atoms with van der Waals surface area (Å²) < 4.78 is 149. The van der Waals surface area contributed by atoms with Crippen LogP contribution in [-0.2, 0) is 25.6 Å². The molecule has 2 rings (SSSR count). The van der Waals surface area contributed by atoms with Gasteiger partial charge in [-0.15, -0.1) is 0 Å². The van der Waals surface area contributed by atoms with Gasteiger partial charge in [-0.2, -0.15) is 35.1 Å². The standard InChI is InChI=1S/C30H37F10N7O7/c1-27(2,29(35,36)37)20(43-25(51)53-5)22(49)41-9-15(48)10-47(45-23(50)21(44-26(52)54-6)28(3,4)30(38,39)40)11-16-17(31)7-14(8-18(16)32)19-12-46(13-42-19)24(33)34/h7-8,12-13,15,20-21,24,48H,9-11H2,1-6H3,(H,41,49)(H,43,51)(H,44,52)(H,45,50)/t15-,20?,21-/m1/s1. The summed E-state index contributed by atoms with van der Waals surface area (Å²) in [7, 11) is 1.58. The molecule has 54 heavy (non-hydrogen) atoms. The van der Waals surface area contributed by atoms with Crippen molar-refractivity contribution in [2.45, 2.75) is 71.3 Å². The molecule has 14 nitrogen and oxygen atoms in total. The number of carbonyl (C=O) groups is 4. The fourth-order valence-electron chi connectivity index (χ4n) is 4.52. The number of hydrogen-bond acceptors (Lipinski definition) is 9. The normalized spacial score (nSPS) is 14.3. The van der Waals surface area contributed by atoms with Gasteiger partial charge >= 0.3 is 31.1 Å². The van der Waals surface area contributed by atoms with Gasteiger partial charge in [0, 0.05) is 37.0 Å². The predicted molar refractivity (Wildman–Crippen MR) is 165 cm³/mol. The van der Waals surface area contributed by atoms with E-state index in [9.17, 15) is 59.4 Å². The summed E-state index contributed by atoms with van der Waals surface area (Å²) >= 11 is 0. The summed E-state index contributed by atoms with van der Waals surface area (Å²) in [6.07, 6.45) is -13.7. The van der Waals surface area contributed by atoms with Crippen molar-refractivity contribution in [3.8, 4) is 11.3 Å². The lowest BCUT2D eigenvalue weighted by atomic mass is 9.83. The number of hydrazine groups is 1. The molecule has 1 aromatic heterocycles. The van der Waals surface area contributed by atoms with Gasteiger partial charge in [-0.3, -0.25) is 19.6 Å². The van der Waals surface area contributed by atoms with Crippen molar-refractivity contribution in [3.05, 3.63) is 41.9 Å². The number of benzene rings is 1. The number of aliphatic hydroxyl groups is 1. The van der Waals surface area contributed by atoms with Crippen LogP contribution in [0.3, 0.4) is 0 Å². The lowest BCUT2D eigenvalue weighted by Crippen LogP contribution is -2.62. The van der Waals surface area contributed by atoms with Crippen LogP contribution in [0.25, 0.3) is 11.3 Å². The second-order valence-corrected chi connectivity index (χ2v) is 12.7. The first-order valence-electron chi connectivity index (χ1n) is 15.3. The van der Waals surface area contributed by atoms with Crippen LogP contribution in [0.5, 0.6) is 0 Å². The molecular formula is C30H37F10N7O7. The topological polar surface area (TPSA) is 176 Å². The minimum Gasteiger partial charge on any atom is -0.453 e. The molecule has 2 aromatic rings. The Kier molecular flexibility index (Phi) is 14.7. The Morgan fingerprint density at radius 3 is 1.72 bits per heavy atom. The molecule has 4 amide bonds. The summed E-state index contributed by atoms with van der Waals surface area (Å²) in [4.78, 5) is 53.5. The Balaban J connectivity index is 2.49. The number of aliphatic hydroxyl groups excluding tert-OH is 1. The molecule has 0 aliphatic heterocycles. The summed E-state index contributed by atoms with van der Waals surface area (Å²) in [6.45, 7) is -3.95. The fourth-order valence-corrected chi connectivity index (χ4v) is 4.52. The van der Waals surface area contributed by atoms with Gasteiger partial charge in [0.1, 0.15) is 23.7 Å². The van der Waals surface area contributed by atoms with Crippen molar-refractivity contribution in [2.24, 2.45) is 10.8 Å². The Hall–Kier alpha value is -4.87. The van der Waals surface area contributed by atoms with Crippen molar-refractivity contribution in [2.75, 3.05) is 27.3 Å². The first-order valence-corrected chi connectivity index (χ1v) is 15.3. The maximum Gasteiger partial charge on any atom is 0.407 e. The van der Waals surface area contributed by atoms with Gasteiger partial charge in [-0.1, -0.05) is 0 Å². The van der Waals surface area contributed by atoms with Gasteiger partial charge in [0.15, 0.2) is 0 Å². The highest BCUT2D eigenvalue weighted by Crippen LogP contribution is 2.41. The van der Waals surface area contributed by atoms with Crippen molar-refractivity contribution in [3.63, 3.8) is 0 Å². The second kappa shape index (κ2) is 17.5. The van der Waals surface area contributed by atoms with Crippen molar-refractivity contribution < 1.29 is 77.7 Å². The third-order valence-corrected chi connectivity index (χ3v) is 8.15. The Labute approximate surface area is 300 Å². The van der Waals surface area contributed by atoms with E-state index in [4.69, 9.17) is 0 Å². The average Bonchev–Trinajstić information content (AvgIpc) is 3.56. The maximum atomic E-state index is 15.4. The molecule has 304 valence electrons. The van der Waals surface area contributed by atoms with E-state index in [-0.39, 0.29) is 11.3 Å². The SMILES string of the molecule is COC(=O)NC(C(=O)NC[C@@H](O)CN(Cc1c(F)cc(-c2cn(C(F)F)cn2)cc1F)NC(=O)[C@@H](NC(=O)OC)C(C)(C)C(F)(F)F)C(C)(C)C(F)(F)F. The monoisotopic (exact) mass is 797 g/mol. The van der Waals surface area contributed by atoms with Crippen LogP contribution in [0.1, 0.15) is 39.8 Å². The van der Waals surface area contributed by atoms with Crippen LogP contribution < -0.4 is 21.4 Å². The molecule has 1 unspecified atom stereocenters.